The van der Waals surface area contributed by atoms with E-state index in [2.05, 4.69) is 6.07 Å². The van der Waals surface area contributed by atoms with E-state index >= 15 is 0 Å². The van der Waals surface area contributed by atoms with Crippen LogP contribution in [0.3, 0.4) is 0 Å². The third kappa shape index (κ3) is 2.42. The Morgan fingerprint density at radius 3 is 2.75 bits per heavy atom. The zero-order chi connectivity index (χ0) is 8.97. The minimum absolute atomic E-state index is 0.0675. The Morgan fingerprint density at radius 2 is 2.33 bits per heavy atom. The van der Waals surface area contributed by atoms with Crippen molar-refractivity contribution in [3.8, 4) is 6.07 Å². The Kier molecular flexibility index (Phi) is 3.42. The van der Waals surface area contributed by atoms with Gasteiger partial charge in [-0.05, 0) is 13.0 Å². The fourth-order valence-corrected chi connectivity index (χ4v) is 1.39. The van der Waals surface area contributed by atoms with E-state index in [0.717, 1.165) is 13.0 Å². The summed E-state index contributed by atoms with van der Waals surface area (Å²) in [5, 5.41) is 8.37. The number of hydrogen-bond donors (Lipinski definition) is 0. The smallest absolute Gasteiger partial charge is 0.239 e. The summed E-state index contributed by atoms with van der Waals surface area (Å²) >= 11 is 0. The van der Waals surface area contributed by atoms with Gasteiger partial charge in [-0.25, -0.2) is 8.78 Å². The Hall–Kier alpha value is -0.690. The highest BCUT2D eigenvalue weighted by atomic mass is 19.3. The molecule has 1 saturated heterocycles. The summed E-state index contributed by atoms with van der Waals surface area (Å²) in [5.41, 5.74) is 0. The first kappa shape index (κ1) is 9.40. The number of nitrogens with zero attached hydrogens (tertiary/aromatic N) is 2. The Morgan fingerprint density at radius 1 is 1.58 bits per heavy atom. The van der Waals surface area contributed by atoms with Crippen LogP contribution in [0.15, 0.2) is 0 Å². The minimum atomic E-state index is -2.21. The maximum absolute atomic E-state index is 11.8. The second-order valence-electron chi connectivity index (χ2n) is 3.02. The Labute approximate surface area is 70.8 Å². The topological polar surface area (TPSA) is 27.0 Å². The molecule has 12 heavy (non-hydrogen) atoms. The van der Waals surface area contributed by atoms with Crippen LogP contribution in [0, 0.1) is 11.3 Å². The molecule has 4 heteroatoms. The summed E-state index contributed by atoms with van der Waals surface area (Å²) in [6.45, 7) is 1.31. The molecule has 1 fully saturated rings. The summed E-state index contributed by atoms with van der Waals surface area (Å²) in [6, 6.07) is 2.30. The number of rotatable bonds is 4. The molecular formula is C8H12F2N2. The first-order valence-corrected chi connectivity index (χ1v) is 4.13. The van der Waals surface area contributed by atoms with E-state index in [9.17, 15) is 8.78 Å². The van der Waals surface area contributed by atoms with Gasteiger partial charge >= 0.3 is 0 Å². The molecule has 0 N–H and O–H groups in total. The summed E-state index contributed by atoms with van der Waals surface area (Å²) in [7, 11) is 0. The monoisotopic (exact) mass is 174 g/mol. The van der Waals surface area contributed by atoms with E-state index in [1.165, 1.54) is 0 Å². The van der Waals surface area contributed by atoms with Crippen LogP contribution in [-0.4, -0.2) is 30.5 Å². The average Bonchev–Trinajstić information content (AvgIpc) is 1.98. The van der Waals surface area contributed by atoms with Gasteiger partial charge in [0.2, 0.25) is 6.43 Å². The van der Waals surface area contributed by atoms with Gasteiger partial charge in [0.25, 0.3) is 0 Å². The molecule has 1 rings (SSSR count). The molecule has 0 aliphatic carbocycles. The predicted octanol–water partition coefficient (Wildman–Crippen LogP) is 1.63. The third-order valence-electron chi connectivity index (χ3n) is 2.23. The lowest BCUT2D eigenvalue weighted by Gasteiger charge is -2.39. The van der Waals surface area contributed by atoms with Gasteiger partial charge in [0.1, 0.15) is 0 Å². The zero-order valence-corrected chi connectivity index (χ0v) is 6.84. The first-order chi connectivity index (χ1) is 5.74. The van der Waals surface area contributed by atoms with Crippen molar-refractivity contribution in [3.63, 3.8) is 0 Å². The highest BCUT2D eigenvalue weighted by Crippen LogP contribution is 2.20. The van der Waals surface area contributed by atoms with E-state index < -0.39 is 6.43 Å². The molecule has 1 heterocycles. The van der Waals surface area contributed by atoms with Gasteiger partial charge in [-0.2, -0.15) is 5.26 Å². The number of likely N-dealkylation sites (tertiary alicyclic amines) is 1. The molecule has 68 valence electrons. The maximum atomic E-state index is 11.8. The van der Waals surface area contributed by atoms with Crippen LogP contribution in [0.5, 0.6) is 0 Å². The molecule has 0 spiro atoms. The van der Waals surface area contributed by atoms with Gasteiger partial charge in [-0.1, -0.05) is 0 Å². The van der Waals surface area contributed by atoms with E-state index in [1.54, 1.807) is 0 Å². The van der Waals surface area contributed by atoms with Crippen LogP contribution >= 0.6 is 0 Å². The van der Waals surface area contributed by atoms with E-state index in [4.69, 9.17) is 5.26 Å². The van der Waals surface area contributed by atoms with Crippen molar-refractivity contribution in [1.82, 2.24) is 4.90 Å². The molecule has 0 amide bonds. The number of alkyl halides is 2. The quantitative estimate of drug-likeness (QED) is 0.647. The summed E-state index contributed by atoms with van der Waals surface area (Å²) in [6.07, 6.45) is -0.824. The SMILES string of the molecule is N#CCC1CCN1CCC(F)F. The van der Waals surface area contributed by atoms with E-state index in [-0.39, 0.29) is 12.5 Å². The maximum Gasteiger partial charge on any atom is 0.239 e. The summed E-state index contributed by atoms with van der Waals surface area (Å²) < 4.78 is 23.6. The second kappa shape index (κ2) is 4.36. The molecule has 0 saturated carbocycles. The highest BCUT2D eigenvalue weighted by molar-refractivity contribution is 4.89. The molecule has 1 atom stereocenters. The summed E-state index contributed by atoms with van der Waals surface area (Å²) in [4.78, 5) is 1.95. The molecule has 0 aromatic rings. The van der Waals surface area contributed by atoms with Gasteiger partial charge in [0, 0.05) is 19.0 Å². The Balaban J connectivity index is 2.13. The van der Waals surface area contributed by atoms with Crippen molar-refractivity contribution in [2.24, 2.45) is 0 Å². The van der Waals surface area contributed by atoms with Crippen molar-refractivity contribution in [2.75, 3.05) is 13.1 Å². The molecule has 1 aliphatic heterocycles. The minimum Gasteiger partial charge on any atom is -0.299 e. The van der Waals surface area contributed by atoms with Crippen molar-refractivity contribution in [2.45, 2.75) is 31.7 Å². The van der Waals surface area contributed by atoms with Gasteiger partial charge in [-0.3, -0.25) is 4.90 Å². The molecule has 0 aromatic heterocycles. The first-order valence-electron chi connectivity index (χ1n) is 4.13. The zero-order valence-electron chi connectivity index (χ0n) is 6.84. The van der Waals surface area contributed by atoms with Crippen LogP contribution in [-0.2, 0) is 0 Å². The van der Waals surface area contributed by atoms with Gasteiger partial charge in [0.05, 0.1) is 12.5 Å². The normalized spacial score (nSPS) is 23.7. The van der Waals surface area contributed by atoms with Gasteiger partial charge in [-0.15, -0.1) is 0 Å². The molecule has 0 aromatic carbocycles. The van der Waals surface area contributed by atoms with Crippen molar-refractivity contribution in [3.05, 3.63) is 0 Å². The number of hydrogen-bond acceptors (Lipinski definition) is 2. The molecular weight excluding hydrogens is 162 g/mol. The van der Waals surface area contributed by atoms with Crippen molar-refractivity contribution >= 4 is 0 Å². The van der Waals surface area contributed by atoms with E-state index in [1.807, 2.05) is 4.90 Å². The van der Waals surface area contributed by atoms with Crippen LogP contribution in [0.2, 0.25) is 0 Å². The summed E-state index contributed by atoms with van der Waals surface area (Å²) in [5.74, 6) is 0. The Bertz CT molecular complexity index is 176. The predicted molar refractivity (Wildman–Crippen MR) is 40.8 cm³/mol. The molecule has 1 aliphatic rings. The lowest BCUT2D eigenvalue weighted by Crippen LogP contribution is -2.48. The molecule has 0 bridgehead atoms. The number of halogens is 2. The third-order valence-corrected chi connectivity index (χ3v) is 2.23. The molecule has 2 nitrogen and oxygen atoms in total. The standard InChI is InChI=1S/C8H12F2N2/c9-8(10)3-6-12-5-2-7(12)1-4-11/h7-8H,1-3,5-6H2. The molecule has 1 unspecified atom stereocenters. The van der Waals surface area contributed by atoms with E-state index in [0.29, 0.717) is 13.0 Å². The fraction of sp³-hybridized carbons (Fsp3) is 0.875. The van der Waals surface area contributed by atoms with Gasteiger partial charge in [0.15, 0.2) is 0 Å². The van der Waals surface area contributed by atoms with Gasteiger partial charge < -0.3 is 0 Å². The fourth-order valence-electron chi connectivity index (χ4n) is 1.39. The van der Waals surface area contributed by atoms with Crippen molar-refractivity contribution < 1.29 is 8.78 Å². The second-order valence-corrected chi connectivity index (χ2v) is 3.02. The molecule has 0 radical (unpaired) electrons. The van der Waals surface area contributed by atoms with Crippen LogP contribution in [0.1, 0.15) is 19.3 Å². The lowest BCUT2D eigenvalue weighted by molar-refractivity contribution is 0.0569. The average molecular weight is 174 g/mol. The largest absolute Gasteiger partial charge is 0.299 e. The van der Waals surface area contributed by atoms with Crippen LogP contribution < -0.4 is 0 Å². The highest BCUT2D eigenvalue weighted by Gasteiger charge is 2.27. The lowest BCUT2D eigenvalue weighted by atomic mass is 10.0. The number of nitriles is 1. The van der Waals surface area contributed by atoms with Crippen LogP contribution in [0.25, 0.3) is 0 Å². The van der Waals surface area contributed by atoms with Crippen molar-refractivity contribution in [1.29, 1.82) is 5.26 Å². The van der Waals surface area contributed by atoms with Crippen LogP contribution in [0.4, 0.5) is 8.78 Å².